The summed E-state index contributed by atoms with van der Waals surface area (Å²) >= 11 is 2.72. The fourth-order valence-electron chi connectivity index (χ4n) is 0.555. The highest BCUT2D eigenvalue weighted by atomic mass is 79.9. The van der Waals surface area contributed by atoms with E-state index in [-0.39, 0.29) is 15.9 Å². The highest BCUT2D eigenvalue weighted by Gasteiger charge is 2.36. The predicted octanol–water partition coefficient (Wildman–Crippen LogP) is 2.62. The van der Waals surface area contributed by atoms with Crippen LogP contribution in [0.15, 0.2) is 4.60 Å². The van der Waals surface area contributed by atoms with Crippen molar-refractivity contribution >= 4 is 33.2 Å². The third-order valence-electron chi connectivity index (χ3n) is 1.02. The van der Waals surface area contributed by atoms with Crippen LogP contribution in [0.1, 0.15) is 14.7 Å². The van der Waals surface area contributed by atoms with Crippen molar-refractivity contribution < 1.29 is 23.1 Å². The Kier molecular flexibility index (Phi) is 2.62. The summed E-state index contributed by atoms with van der Waals surface area (Å²) in [5, 5.41) is 7.25. The van der Waals surface area contributed by atoms with Crippen molar-refractivity contribution in [2.75, 3.05) is 0 Å². The van der Waals surface area contributed by atoms with Crippen LogP contribution in [0.4, 0.5) is 13.2 Å². The largest absolute Gasteiger partial charge is 0.477 e. The minimum Gasteiger partial charge on any atom is -0.477 e. The summed E-state index contributed by atoms with van der Waals surface area (Å²) in [5.41, 5.74) is 0. The summed E-state index contributed by atoms with van der Waals surface area (Å²) in [6.45, 7) is 0. The maximum Gasteiger partial charge on any atom is 0.443 e. The van der Waals surface area contributed by atoms with Crippen molar-refractivity contribution in [1.29, 1.82) is 0 Å². The number of hydrogen-bond donors (Lipinski definition) is 1. The molecule has 3 nitrogen and oxygen atoms in total. The average molecular weight is 276 g/mol. The molecule has 0 radical (unpaired) electrons. The average Bonchev–Trinajstić information content (AvgIpc) is 2.29. The molecule has 1 N–H and O–H groups in total. The number of carbonyl (C=O) groups is 1. The molecule has 0 aliphatic rings. The van der Waals surface area contributed by atoms with E-state index in [1.165, 1.54) is 0 Å². The number of aromatic carboxylic acids is 1. The molecule has 0 amide bonds. The number of thiazole rings is 1. The van der Waals surface area contributed by atoms with Gasteiger partial charge >= 0.3 is 12.1 Å². The van der Waals surface area contributed by atoms with Gasteiger partial charge in [-0.2, -0.15) is 13.2 Å². The minimum absolute atomic E-state index is 0.0920. The van der Waals surface area contributed by atoms with Gasteiger partial charge in [0.15, 0.2) is 5.01 Å². The van der Waals surface area contributed by atoms with Crippen molar-refractivity contribution in [2.45, 2.75) is 6.18 Å². The summed E-state index contributed by atoms with van der Waals surface area (Å²) in [6.07, 6.45) is -4.60. The Morgan fingerprint density at radius 2 is 2.08 bits per heavy atom. The van der Waals surface area contributed by atoms with Crippen LogP contribution in [-0.4, -0.2) is 16.1 Å². The first-order valence-corrected chi connectivity index (χ1v) is 4.40. The molecule has 0 bridgehead atoms. The van der Waals surface area contributed by atoms with Gasteiger partial charge in [0.25, 0.3) is 0 Å². The lowest BCUT2D eigenvalue weighted by atomic mass is 10.6. The zero-order valence-corrected chi connectivity index (χ0v) is 8.13. The molecule has 0 saturated carbocycles. The first-order valence-electron chi connectivity index (χ1n) is 2.79. The summed E-state index contributed by atoms with van der Waals surface area (Å²) in [6, 6.07) is 0. The summed E-state index contributed by atoms with van der Waals surface area (Å²) in [7, 11) is 0. The maximum absolute atomic E-state index is 12.0. The smallest absolute Gasteiger partial charge is 0.443 e. The topological polar surface area (TPSA) is 50.2 Å². The van der Waals surface area contributed by atoms with Crippen molar-refractivity contribution in [3.63, 3.8) is 0 Å². The van der Waals surface area contributed by atoms with E-state index in [0.29, 0.717) is 0 Å². The van der Waals surface area contributed by atoms with E-state index in [4.69, 9.17) is 5.11 Å². The molecule has 1 rings (SSSR count). The van der Waals surface area contributed by atoms with Crippen molar-refractivity contribution in [2.24, 2.45) is 0 Å². The highest BCUT2D eigenvalue weighted by Crippen LogP contribution is 2.35. The lowest BCUT2D eigenvalue weighted by Crippen LogP contribution is -2.03. The minimum atomic E-state index is -4.60. The van der Waals surface area contributed by atoms with E-state index in [0.717, 1.165) is 0 Å². The molecule has 13 heavy (non-hydrogen) atoms. The maximum atomic E-state index is 12.0. The third-order valence-corrected chi connectivity index (χ3v) is 2.95. The Hall–Kier alpha value is -0.630. The zero-order chi connectivity index (χ0) is 10.2. The van der Waals surface area contributed by atoms with Gasteiger partial charge in [-0.15, -0.1) is 11.3 Å². The Labute approximate surface area is 82.3 Å². The van der Waals surface area contributed by atoms with Gasteiger partial charge in [-0.3, -0.25) is 0 Å². The number of aromatic nitrogens is 1. The number of rotatable bonds is 1. The molecule has 0 unspecified atom stereocenters. The van der Waals surface area contributed by atoms with Gasteiger partial charge < -0.3 is 5.11 Å². The number of alkyl halides is 3. The summed E-state index contributed by atoms with van der Waals surface area (Å²) in [4.78, 5) is 12.9. The van der Waals surface area contributed by atoms with E-state index in [9.17, 15) is 18.0 Å². The van der Waals surface area contributed by atoms with E-state index in [1.54, 1.807) is 0 Å². The van der Waals surface area contributed by atoms with Crippen molar-refractivity contribution in [3.05, 3.63) is 14.5 Å². The van der Waals surface area contributed by atoms with Crippen LogP contribution in [0.2, 0.25) is 0 Å². The molecule has 1 aromatic heterocycles. The van der Waals surface area contributed by atoms with Gasteiger partial charge in [-0.25, -0.2) is 9.78 Å². The van der Waals surface area contributed by atoms with Crippen molar-refractivity contribution in [3.8, 4) is 0 Å². The van der Waals surface area contributed by atoms with Gasteiger partial charge in [0, 0.05) is 0 Å². The third kappa shape index (κ3) is 2.19. The highest BCUT2D eigenvalue weighted by molar-refractivity contribution is 9.10. The molecule has 1 aromatic rings. The Balaban J connectivity index is 3.17. The fraction of sp³-hybridized carbons (Fsp3) is 0.200. The van der Waals surface area contributed by atoms with Crippen LogP contribution in [0.25, 0.3) is 0 Å². The lowest BCUT2D eigenvalue weighted by Gasteiger charge is -1.98. The second-order valence-corrected chi connectivity index (χ2v) is 3.69. The van der Waals surface area contributed by atoms with Crippen LogP contribution >= 0.6 is 27.3 Å². The molecular weight excluding hydrogens is 275 g/mol. The second-order valence-electron chi connectivity index (χ2n) is 1.94. The number of carboxylic acid groups (broad SMARTS) is 1. The van der Waals surface area contributed by atoms with E-state index in [1.807, 2.05) is 0 Å². The predicted molar refractivity (Wildman–Crippen MR) is 41.8 cm³/mol. The Morgan fingerprint density at radius 3 is 2.31 bits per heavy atom. The van der Waals surface area contributed by atoms with Crippen LogP contribution in [0.3, 0.4) is 0 Å². The van der Waals surface area contributed by atoms with Crippen LogP contribution in [0, 0.1) is 0 Å². The van der Waals surface area contributed by atoms with Crippen molar-refractivity contribution in [1.82, 2.24) is 4.98 Å². The zero-order valence-electron chi connectivity index (χ0n) is 5.72. The van der Waals surface area contributed by atoms with Gasteiger partial charge in [-0.1, -0.05) is 0 Å². The number of nitrogens with zero attached hydrogens (tertiary/aromatic N) is 1. The molecule has 0 aromatic carbocycles. The molecular formula is C5HBrF3NO2S. The Bertz CT molecular complexity index is 348. The molecule has 0 aliphatic carbocycles. The number of hydrogen-bond acceptors (Lipinski definition) is 3. The first-order chi connectivity index (χ1) is 5.82. The standard InChI is InChI=1S/C5HBrF3NO2S/c6-2-1(3(11)12)13-4(10-2)5(7,8)9/h(H,11,12). The van der Waals surface area contributed by atoms with Gasteiger partial charge in [0.1, 0.15) is 9.48 Å². The number of carboxylic acids is 1. The van der Waals surface area contributed by atoms with Gasteiger partial charge in [0.2, 0.25) is 0 Å². The first kappa shape index (κ1) is 10.5. The summed E-state index contributed by atoms with van der Waals surface area (Å²) < 4.78 is 35.6. The fourth-order valence-corrected chi connectivity index (χ4v) is 1.92. The van der Waals surface area contributed by atoms with E-state index in [2.05, 4.69) is 20.9 Å². The molecule has 0 fully saturated rings. The number of halogens is 4. The molecule has 0 aliphatic heterocycles. The Morgan fingerprint density at radius 1 is 1.54 bits per heavy atom. The lowest BCUT2D eigenvalue weighted by molar-refractivity contribution is -0.137. The normalized spacial score (nSPS) is 11.7. The molecule has 0 atom stereocenters. The SMILES string of the molecule is O=C(O)c1sc(C(F)(F)F)nc1Br. The monoisotopic (exact) mass is 275 g/mol. The molecule has 1 heterocycles. The second kappa shape index (κ2) is 3.26. The van der Waals surface area contributed by atoms with Crippen LogP contribution < -0.4 is 0 Å². The van der Waals surface area contributed by atoms with E-state index >= 15 is 0 Å². The van der Waals surface area contributed by atoms with E-state index < -0.39 is 22.0 Å². The van der Waals surface area contributed by atoms with Crippen LogP contribution in [0.5, 0.6) is 0 Å². The van der Waals surface area contributed by atoms with Crippen LogP contribution in [-0.2, 0) is 6.18 Å². The van der Waals surface area contributed by atoms with Gasteiger partial charge in [-0.05, 0) is 15.9 Å². The molecule has 8 heteroatoms. The quantitative estimate of drug-likeness (QED) is 0.857. The summed E-state index contributed by atoms with van der Waals surface area (Å²) in [5.74, 6) is -1.43. The van der Waals surface area contributed by atoms with Gasteiger partial charge in [0.05, 0.1) is 0 Å². The molecule has 0 saturated heterocycles. The molecule has 0 spiro atoms. The molecule has 72 valence electrons.